The van der Waals surface area contributed by atoms with Crippen LogP contribution in [0.2, 0.25) is 0 Å². The number of ether oxygens (including phenoxy) is 1. The van der Waals surface area contributed by atoms with Gasteiger partial charge in [0.1, 0.15) is 11.8 Å². The highest BCUT2D eigenvalue weighted by Crippen LogP contribution is 2.31. The van der Waals surface area contributed by atoms with Crippen molar-refractivity contribution in [2.75, 3.05) is 54.9 Å². The van der Waals surface area contributed by atoms with E-state index in [9.17, 15) is 23.2 Å². The molecule has 4 amide bonds. The summed E-state index contributed by atoms with van der Waals surface area (Å²) in [5.41, 5.74) is 2.92. The molecule has 3 N–H and O–H groups in total. The molecule has 2 heterocycles. The highest BCUT2D eigenvalue weighted by atomic mass is 19.3. The summed E-state index contributed by atoms with van der Waals surface area (Å²) >= 11 is 0. The number of halogens is 4. The van der Waals surface area contributed by atoms with Gasteiger partial charge < -0.3 is 19.5 Å². The first-order valence-corrected chi connectivity index (χ1v) is 11.5. The number of amides is 4. The molecular weight excluding hydrogens is 518 g/mol. The number of hydrogen-bond acceptors (Lipinski definition) is 8. The number of urea groups is 1. The lowest BCUT2D eigenvalue weighted by Crippen LogP contribution is -2.45. The van der Waals surface area contributed by atoms with Crippen molar-refractivity contribution in [2.45, 2.75) is 26.4 Å². The average molecular weight is 545 g/mol. The molecule has 1 aliphatic rings. The van der Waals surface area contributed by atoms with Crippen LogP contribution < -0.4 is 25.9 Å². The number of hydrogen-bond donors (Lipinski definition) is 3. The number of benzene rings is 1. The normalized spacial score (nSPS) is 15.0. The van der Waals surface area contributed by atoms with Gasteiger partial charge in [-0.25, -0.2) is 23.8 Å². The summed E-state index contributed by atoms with van der Waals surface area (Å²) in [7, 11) is 1.45. The van der Waals surface area contributed by atoms with Gasteiger partial charge in [0.25, 0.3) is 5.91 Å². The number of nitrogens with zero attached hydrogens (tertiary/aromatic N) is 4. The van der Waals surface area contributed by atoms with E-state index in [2.05, 4.69) is 15.9 Å². The third-order valence-corrected chi connectivity index (χ3v) is 5.48. The van der Waals surface area contributed by atoms with Crippen molar-refractivity contribution < 1.29 is 41.2 Å². The minimum Gasteiger partial charge on any atom is -0.442 e. The molecule has 208 valence electrons. The van der Waals surface area contributed by atoms with Crippen molar-refractivity contribution in [1.82, 2.24) is 20.9 Å². The molecule has 0 radical (unpaired) electrons. The Kier molecular flexibility index (Phi) is 9.33. The zero-order valence-electron chi connectivity index (χ0n) is 20.8. The first-order chi connectivity index (χ1) is 18.0. The van der Waals surface area contributed by atoms with Crippen LogP contribution in [0.15, 0.2) is 22.7 Å². The molecule has 1 saturated heterocycles. The van der Waals surface area contributed by atoms with Gasteiger partial charge in [-0.15, -0.1) is 0 Å². The molecule has 3 rings (SSSR count). The fourth-order valence-electron chi connectivity index (χ4n) is 3.60. The number of anilines is 3. The van der Waals surface area contributed by atoms with Crippen molar-refractivity contribution in [2.24, 2.45) is 0 Å². The molecule has 1 aromatic carbocycles. The number of carbonyl (C=O) groups is 3. The summed E-state index contributed by atoms with van der Waals surface area (Å²) in [6.07, 6.45) is -5.14. The molecule has 1 atom stereocenters. The van der Waals surface area contributed by atoms with Gasteiger partial charge in [-0.2, -0.15) is 8.78 Å². The predicted octanol–water partition coefficient (Wildman–Crippen LogP) is 2.46. The van der Waals surface area contributed by atoms with Crippen molar-refractivity contribution in [3.8, 4) is 0 Å². The number of rotatable bonds is 11. The zero-order chi connectivity index (χ0) is 28.0. The Morgan fingerprint density at radius 2 is 1.92 bits per heavy atom. The molecule has 0 saturated carbocycles. The summed E-state index contributed by atoms with van der Waals surface area (Å²) in [6.45, 7) is 3.27. The van der Waals surface area contributed by atoms with Crippen molar-refractivity contribution in [3.63, 3.8) is 0 Å². The summed E-state index contributed by atoms with van der Waals surface area (Å²) in [6, 6.07) is 2.90. The smallest absolute Gasteiger partial charge is 0.414 e. The minimum atomic E-state index is -3.23. The number of aromatic nitrogens is 1. The molecule has 12 nitrogen and oxygen atoms in total. The Morgan fingerprint density at radius 1 is 1.24 bits per heavy atom. The molecule has 1 aromatic heterocycles. The largest absolute Gasteiger partial charge is 0.442 e. The monoisotopic (exact) mass is 545 g/mol. The number of hydrazine groups is 1. The van der Waals surface area contributed by atoms with E-state index in [1.807, 2.05) is 5.32 Å². The van der Waals surface area contributed by atoms with Gasteiger partial charge in [0.05, 0.1) is 24.5 Å². The second-order valence-electron chi connectivity index (χ2n) is 8.23. The first-order valence-electron chi connectivity index (χ1n) is 11.5. The molecule has 16 heteroatoms. The molecule has 0 aliphatic carbocycles. The molecule has 38 heavy (non-hydrogen) atoms. The van der Waals surface area contributed by atoms with Gasteiger partial charge in [0.2, 0.25) is 5.88 Å². The minimum absolute atomic E-state index is 0.111. The lowest BCUT2D eigenvalue weighted by molar-refractivity contribution is -0.132. The van der Waals surface area contributed by atoms with E-state index < -0.39 is 42.2 Å². The molecule has 0 bridgehead atoms. The van der Waals surface area contributed by atoms with Crippen molar-refractivity contribution in [3.05, 3.63) is 35.5 Å². The standard InChI is InChI=1S/C22H27F4N7O5/c1-4-32(6-5-28-31(3)21(35)29-17-7-12(2)30-38-17)18-15(23)8-13(9-16(18)24)33-11-14(37-22(33)36)10-27-20(34)19(25)26/h7-9,14,19,28H,4-6,10-11H2,1-3H3,(H,27,34)(H,29,35)/t14-/m0/s1. The van der Waals surface area contributed by atoms with E-state index in [4.69, 9.17) is 9.26 Å². The van der Waals surface area contributed by atoms with Crippen LogP contribution in [-0.2, 0) is 9.53 Å². The van der Waals surface area contributed by atoms with Crippen LogP contribution in [0.4, 0.5) is 44.4 Å². The van der Waals surface area contributed by atoms with Gasteiger partial charge in [0.15, 0.2) is 11.6 Å². The van der Waals surface area contributed by atoms with Crippen LogP contribution in [0.3, 0.4) is 0 Å². The molecular formula is C22H27F4N7O5. The third kappa shape index (κ3) is 7.02. The molecule has 0 spiro atoms. The van der Waals surface area contributed by atoms with Gasteiger partial charge >= 0.3 is 18.5 Å². The second-order valence-corrected chi connectivity index (χ2v) is 8.23. The van der Waals surface area contributed by atoms with E-state index in [1.165, 1.54) is 18.0 Å². The number of cyclic esters (lactones) is 1. The topological polar surface area (TPSA) is 132 Å². The highest BCUT2D eigenvalue weighted by molar-refractivity contribution is 5.90. The Balaban J connectivity index is 1.58. The Labute approximate surface area is 214 Å². The van der Waals surface area contributed by atoms with Crippen LogP contribution >= 0.6 is 0 Å². The zero-order valence-corrected chi connectivity index (χ0v) is 20.8. The van der Waals surface area contributed by atoms with Crippen molar-refractivity contribution in [1.29, 1.82) is 0 Å². The van der Waals surface area contributed by atoms with Crippen molar-refractivity contribution >= 4 is 35.3 Å². The van der Waals surface area contributed by atoms with Crippen LogP contribution in [0, 0.1) is 18.6 Å². The van der Waals surface area contributed by atoms with Crippen LogP contribution in [0.1, 0.15) is 12.6 Å². The van der Waals surface area contributed by atoms with E-state index in [1.54, 1.807) is 13.8 Å². The predicted molar refractivity (Wildman–Crippen MR) is 127 cm³/mol. The lowest BCUT2D eigenvalue weighted by Gasteiger charge is -2.27. The molecule has 0 unspecified atom stereocenters. The average Bonchev–Trinajstić information content (AvgIpc) is 3.44. The van der Waals surface area contributed by atoms with Gasteiger partial charge in [-0.05, 0) is 13.8 Å². The Morgan fingerprint density at radius 3 is 2.50 bits per heavy atom. The quantitative estimate of drug-likeness (QED) is 0.290. The summed E-state index contributed by atoms with van der Waals surface area (Å²) in [4.78, 5) is 37.7. The maximum absolute atomic E-state index is 15.0. The third-order valence-electron chi connectivity index (χ3n) is 5.48. The fraction of sp³-hybridized carbons (Fsp3) is 0.455. The first kappa shape index (κ1) is 28.5. The van der Waals surface area contributed by atoms with Gasteiger partial charge in [-0.3, -0.25) is 20.0 Å². The molecule has 1 aliphatic heterocycles. The Bertz CT molecular complexity index is 1140. The number of carbonyl (C=O) groups excluding carboxylic acids is 3. The van der Waals surface area contributed by atoms with Crippen LogP contribution in [0.25, 0.3) is 0 Å². The van der Waals surface area contributed by atoms with Gasteiger partial charge in [0, 0.05) is 44.9 Å². The molecule has 2 aromatic rings. The second kappa shape index (κ2) is 12.4. The summed E-state index contributed by atoms with van der Waals surface area (Å²) < 4.78 is 64.6. The van der Waals surface area contributed by atoms with E-state index >= 15 is 8.78 Å². The lowest BCUT2D eigenvalue weighted by atomic mass is 10.2. The van der Waals surface area contributed by atoms with E-state index in [0.29, 0.717) is 5.69 Å². The number of nitrogens with one attached hydrogen (secondary N) is 3. The molecule has 1 fully saturated rings. The number of alkyl halides is 2. The number of aryl methyl sites for hydroxylation is 1. The highest BCUT2D eigenvalue weighted by Gasteiger charge is 2.34. The summed E-state index contributed by atoms with van der Waals surface area (Å²) in [5.74, 6) is -3.26. The SMILES string of the molecule is CCN(CCNN(C)C(=O)Nc1cc(C)no1)c1c(F)cc(N2C[C@H](CNC(=O)C(F)F)OC2=O)cc1F. The van der Waals surface area contributed by atoms with Gasteiger partial charge in [-0.1, -0.05) is 5.16 Å². The Hall–Kier alpha value is -4.08. The van der Waals surface area contributed by atoms with E-state index in [0.717, 1.165) is 22.0 Å². The maximum Gasteiger partial charge on any atom is 0.414 e. The van der Waals surface area contributed by atoms with E-state index in [-0.39, 0.29) is 50.0 Å². The number of likely N-dealkylation sites (N-methyl/N-ethyl adjacent to an activating group) is 1. The van der Waals surface area contributed by atoms with Crippen LogP contribution in [0.5, 0.6) is 0 Å². The van der Waals surface area contributed by atoms with Crippen LogP contribution in [-0.4, -0.2) is 80.5 Å². The fourth-order valence-corrected chi connectivity index (χ4v) is 3.60. The summed E-state index contributed by atoms with van der Waals surface area (Å²) in [5, 5.41) is 9.22. The maximum atomic E-state index is 15.0.